The molecule has 6 nitrogen and oxygen atoms in total. The number of benzene rings is 1. The van der Waals surface area contributed by atoms with Crippen LogP contribution in [0.1, 0.15) is 10.4 Å². The van der Waals surface area contributed by atoms with Crippen molar-refractivity contribution in [3.05, 3.63) is 41.0 Å². The Morgan fingerprint density at radius 1 is 1.29 bits per heavy atom. The lowest BCUT2D eigenvalue weighted by atomic mass is 10.2. The molecule has 0 radical (unpaired) electrons. The van der Waals surface area contributed by atoms with E-state index in [9.17, 15) is 4.79 Å². The molecule has 1 amide bonds. The largest absolute Gasteiger partial charge is 0.486 e. The fraction of sp³-hybridized carbons (Fsp3) is 0.350. The molecule has 3 aromatic rings. The second kappa shape index (κ2) is 7.97. The van der Waals surface area contributed by atoms with Crippen molar-refractivity contribution in [3.63, 3.8) is 0 Å². The van der Waals surface area contributed by atoms with E-state index in [0.29, 0.717) is 18.9 Å². The lowest BCUT2D eigenvalue weighted by Crippen LogP contribution is -2.42. The minimum absolute atomic E-state index is 0.0313. The second-order valence-corrected chi connectivity index (χ2v) is 8.87. The number of hydrogen-bond donors (Lipinski definition) is 0. The van der Waals surface area contributed by atoms with Crippen LogP contribution < -0.4 is 9.47 Å². The molecule has 0 bridgehead atoms. The van der Waals surface area contributed by atoms with E-state index in [-0.39, 0.29) is 12.0 Å². The topological polar surface area (TPSA) is 64.6 Å². The predicted octanol–water partition coefficient (Wildman–Crippen LogP) is 3.70. The zero-order valence-corrected chi connectivity index (χ0v) is 17.6. The van der Waals surface area contributed by atoms with Crippen LogP contribution in [-0.2, 0) is 4.79 Å². The molecule has 8 heteroatoms. The van der Waals surface area contributed by atoms with Crippen LogP contribution in [0.2, 0.25) is 0 Å². The Labute approximate surface area is 171 Å². The molecule has 4 rings (SSSR count). The normalized spacial score (nSPS) is 15.6. The summed E-state index contributed by atoms with van der Waals surface area (Å²) in [5.41, 5.74) is 1.19. The smallest absolute Gasteiger partial charge is 0.232 e. The fourth-order valence-electron chi connectivity index (χ4n) is 3.06. The van der Waals surface area contributed by atoms with E-state index < -0.39 is 0 Å². The number of rotatable bonds is 5. The average molecular weight is 416 g/mol. The van der Waals surface area contributed by atoms with E-state index in [1.54, 1.807) is 29.6 Å². The SMILES string of the molecule is Cc1sc2ncnc(SCC(=O)N(C)C[C@@H]3COc4ccccc4O3)c2c1C. The monoisotopic (exact) mass is 415 g/mol. The number of para-hydroxylation sites is 2. The van der Waals surface area contributed by atoms with Crippen LogP contribution in [0.25, 0.3) is 10.2 Å². The van der Waals surface area contributed by atoms with Crippen molar-refractivity contribution in [3.8, 4) is 11.5 Å². The maximum Gasteiger partial charge on any atom is 0.232 e. The molecule has 1 aliphatic heterocycles. The first-order valence-electron chi connectivity index (χ1n) is 8.99. The van der Waals surface area contributed by atoms with Crippen molar-refractivity contribution in [1.82, 2.24) is 14.9 Å². The summed E-state index contributed by atoms with van der Waals surface area (Å²) >= 11 is 3.12. The minimum atomic E-state index is -0.179. The van der Waals surface area contributed by atoms with Crippen LogP contribution in [0.4, 0.5) is 0 Å². The Kier molecular flexibility index (Phi) is 5.41. The summed E-state index contributed by atoms with van der Waals surface area (Å²) in [6.45, 7) is 5.07. The Bertz CT molecular complexity index is 1020. The highest BCUT2D eigenvalue weighted by Crippen LogP contribution is 2.34. The molecule has 28 heavy (non-hydrogen) atoms. The fourth-order valence-corrected chi connectivity index (χ4v) is 5.12. The van der Waals surface area contributed by atoms with Crippen LogP contribution in [0.3, 0.4) is 0 Å². The van der Waals surface area contributed by atoms with Gasteiger partial charge in [0.1, 0.15) is 22.8 Å². The first kappa shape index (κ1) is 19.0. The van der Waals surface area contributed by atoms with Gasteiger partial charge in [0.25, 0.3) is 0 Å². The molecule has 0 N–H and O–H groups in total. The van der Waals surface area contributed by atoms with Crippen molar-refractivity contribution in [2.45, 2.75) is 25.0 Å². The summed E-state index contributed by atoms with van der Waals surface area (Å²) in [4.78, 5) is 25.3. The Hall–Kier alpha value is -2.32. The average Bonchev–Trinajstić information content (AvgIpc) is 3.00. The molecule has 1 aromatic carbocycles. The van der Waals surface area contributed by atoms with E-state index in [2.05, 4.69) is 23.8 Å². The van der Waals surface area contributed by atoms with Crippen molar-refractivity contribution < 1.29 is 14.3 Å². The number of aryl methyl sites for hydroxylation is 2. The lowest BCUT2D eigenvalue weighted by Gasteiger charge is -2.29. The van der Waals surface area contributed by atoms with Crippen LogP contribution in [0.5, 0.6) is 11.5 Å². The molecular weight excluding hydrogens is 394 g/mol. The van der Waals surface area contributed by atoms with Gasteiger partial charge >= 0.3 is 0 Å². The Balaban J connectivity index is 1.37. The van der Waals surface area contributed by atoms with Gasteiger partial charge in [-0.05, 0) is 31.5 Å². The number of carbonyl (C=O) groups is 1. The number of fused-ring (bicyclic) bond motifs is 2. The standard InChI is InChI=1S/C20H21N3O3S2/c1-12-13(2)28-20-18(12)19(21-11-22-20)27-10-17(24)23(3)8-14-9-25-15-6-4-5-7-16(15)26-14/h4-7,11,14H,8-10H2,1-3H3/t14-/m1/s1. The molecule has 0 spiro atoms. The van der Waals surface area contributed by atoms with Gasteiger partial charge in [0.05, 0.1) is 12.3 Å². The van der Waals surface area contributed by atoms with E-state index in [0.717, 1.165) is 26.7 Å². The molecule has 1 atom stereocenters. The van der Waals surface area contributed by atoms with Gasteiger partial charge in [-0.25, -0.2) is 9.97 Å². The molecule has 0 fully saturated rings. The zero-order valence-electron chi connectivity index (χ0n) is 16.0. The molecular formula is C20H21N3O3S2. The Morgan fingerprint density at radius 3 is 2.89 bits per heavy atom. The predicted molar refractivity (Wildman–Crippen MR) is 112 cm³/mol. The molecule has 1 aliphatic rings. The summed E-state index contributed by atoms with van der Waals surface area (Å²) in [7, 11) is 1.79. The van der Waals surface area contributed by atoms with Gasteiger partial charge in [0, 0.05) is 17.3 Å². The van der Waals surface area contributed by atoms with Crippen LogP contribution in [-0.4, -0.2) is 52.8 Å². The maximum atomic E-state index is 12.6. The van der Waals surface area contributed by atoms with Gasteiger partial charge in [0.15, 0.2) is 17.6 Å². The van der Waals surface area contributed by atoms with Crippen molar-refractivity contribution in [1.29, 1.82) is 0 Å². The summed E-state index contributed by atoms with van der Waals surface area (Å²) < 4.78 is 11.7. The number of hydrogen-bond acceptors (Lipinski definition) is 7. The molecule has 2 aromatic heterocycles. The maximum absolute atomic E-state index is 12.6. The van der Waals surface area contributed by atoms with E-state index in [4.69, 9.17) is 9.47 Å². The first-order valence-corrected chi connectivity index (χ1v) is 10.8. The van der Waals surface area contributed by atoms with Gasteiger partial charge in [0.2, 0.25) is 5.91 Å². The second-order valence-electron chi connectivity index (χ2n) is 6.70. The number of thiophene rings is 1. The quantitative estimate of drug-likeness (QED) is 0.468. The summed E-state index contributed by atoms with van der Waals surface area (Å²) in [6, 6.07) is 7.58. The van der Waals surface area contributed by atoms with Gasteiger partial charge < -0.3 is 14.4 Å². The van der Waals surface area contributed by atoms with E-state index in [1.165, 1.54) is 22.2 Å². The highest BCUT2D eigenvalue weighted by molar-refractivity contribution is 8.00. The number of aromatic nitrogens is 2. The minimum Gasteiger partial charge on any atom is -0.486 e. The van der Waals surface area contributed by atoms with Crippen LogP contribution in [0, 0.1) is 13.8 Å². The lowest BCUT2D eigenvalue weighted by molar-refractivity contribution is -0.128. The third-order valence-electron chi connectivity index (χ3n) is 4.73. The molecule has 146 valence electrons. The Morgan fingerprint density at radius 2 is 2.07 bits per heavy atom. The van der Waals surface area contributed by atoms with Gasteiger partial charge in [-0.2, -0.15) is 0 Å². The summed E-state index contributed by atoms with van der Waals surface area (Å²) in [5, 5.41) is 1.92. The summed E-state index contributed by atoms with van der Waals surface area (Å²) in [6.07, 6.45) is 1.39. The van der Waals surface area contributed by atoms with Gasteiger partial charge in [-0.3, -0.25) is 4.79 Å². The molecule has 3 heterocycles. The van der Waals surface area contributed by atoms with Crippen LogP contribution >= 0.6 is 23.1 Å². The van der Waals surface area contributed by atoms with Gasteiger partial charge in [-0.1, -0.05) is 23.9 Å². The van der Waals surface area contributed by atoms with Crippen LogP contribution in [0.15, 0.2) is 35.6 Å². The van der Waals surface area contributed by atoms with Crippen molar-refractivity contribution >= 4 is 39.2 Å². The molecule has 0 saturated heterocycles. The van der Waals surface area contributed by atoms with Crippen molar-refractivity contribution in [2.75, 3.05) is 26.0 Å². The number of nitrogens with zero attached hydrogens (tertiary/aromatic N) is 3. The number of amides is 1. The number of likely N-dealkylation sites (N-methyl/N-ethyl adjacent to an activating group) is 1. The number of ether oxygens (including phenoxy) is 2. The number of carbonyl (C=O) groups excluding carboxylic acids is 1. The third kappa shape index (κ3) is 3.79. The highest BCUT2D eigenvalue weighted by atomic mass is 32.2. The third-order valence-corrected chi connectivity index (χ3v) is 6.82. The molecule has 0 saturated carbocycles. The van der Waals surface area contributed by atoms with E-state index >= 15 is 0 Å². The first-order chi connectivity index (χ1) is 13.5. The zero-order chi connectivity index (χ0) is 19.7. The highest BCUT2D eigenvalue weighted by Gasteiger charge is 2.24. The van der Waals surface area contributed by atoms with Gasteiger partial charge in [-0.15, -0.1) is 11.3 Å². The summed E-state index contributed by atoms with van der Waals surface area (Å²) in [5.74, 6) is 1.82. The number of thioether (sulfide) groups is 1. The molecule has 0 unspecified atom stereocenters. The van der Waals surface area contributed by atoms with E-state index in [1.807, 2.05) is 24.3 Å². The molecule has 0 aliphatic carbocycles. The van der Waals surface area contributed by atoms with Crippen molar-refractivity contribution in [2.24, 2.45) is 0 Å².